The molecule has 1 aromatic heterocycles. The van der Waals surface area contributed by atoms with E-state index in [4.69, 9.17) is 15.2 Å². The number of fused-ring (bicyclic) bond motifs is 1. The molecule has 1 fully saturated rings. The van der Waals surface area contributed by atoms with E-state index in [-0.39, 0.29) is 0 Å². The van der Waals surface area contributed by atoms with Crippen LogP contribution in [0.15, 0.2) is 42.6 Å². The Hall–Kier alpha value is -3.52. The highest BCUT2D eigenvalue weighted by Gasteiger charge is 2.17. The minimum atomic E-state index is -0.553. The average molecular weight is 422 g/mol. The molecule has 0 aliphatic carbocycles. The molecule has 4 rings (SSSR count). The fourth-order valence-electron chi connectivity index (χ4n) is 3.83. The summed E-state index contributed by atoms with van der Waals surface area (Å²) in [6.45, 7) is 4.05. The van der Waals surface area contributed by atoms with Gasteiger partial charge in [0, 0.05) is 61.3 Å². The van der Waals surface area contributed by atoms with E-state index in [1.165, 1.54) is 7.11 Å². The molecule has 2 aromatic carbocycles. The van der Waals surface area contributed by atoms with Crippen molar-refractivity contribution < 1.29 is 14.3 Å². The van der Waals surface area contributed by atoms with Crippen molar-refractivity contribution in [3.63, 3.8) is 0 Å². The van der Waals surface area contributed by atoms with Crippen LogP contribution in [0.3, 0.4) is 0 Å². The normalized spacial score (nSPS) is 14.5. The third-order valence-electron chi connectivity index (χ3n) is 5.65. The van der Waals surface area contributed by atoms with Gasteiger partial charge < -0.3 is 30.3 Å². The Labute approximate surface area is 181 Å². The van der Waals surface area contributed by atoms with Crippen LogP contribution in [-0.2, 0) is 0 Å². The Balaban J connectivity index is 1.68. The number of ether oxygens (including phenoxy) is 2. The number of piperazine rings is 1. The molecule has 3 aromatic rings. The molecule has 1 aliphatic heterocycles. The second-order valence-electron chi connectivity index (χ2n) is 7.59. The van der Waals surface area contributed by atoms with Gasteiger partial charge in [-0.25, -0.2) is 0 Å². The first kappa shape index (κ1) is 20.7. The van der Waals surface area contributed by atoms with Gasteiger partial charge >= 0.3 is 0 Å². The van der Waals surface area contributed by atoms with E-state index in [2.05, 4.69) is 39.3 Å². The largest absolute Gasteiger partial charge is 0.496 e. The fraction of sp³-hybridized carbons (Fsp3) is 0.304. The third-order valence-corrected chi connectivity index (χ3v) is 5.65. The number of rotatable bonds is 6. The molecular weight excluding hydrogens is 394 g/mol. The van der Waals surface area contributed by atoms with Crippen molar-refractivity contribution in [3.8, 4) is 11.5 Å². The number of primary amides is 1. The third kappa shape index (κ3) is 4.20. The number of nitrogens with zero attached hydrogens (tertiary/aromatic N) is 3. The first-order valence-corrected chi connectivity index (χ1v) is 10.1. The second-order valence-corrected chi connectivity index (χ2v) is 7.59. The highest BCUT2D eigenvalue weighted by Crippen LogP contribution is 2.35. The van der Waals surface area contributed by atoms with Crippen LogP contribution in [-0.4, -0.2) is 63.2 Å². The lowest BCUT2D eigenvalue weighted by Crippen LogP contribution is -2.44. The van der Waals surface area contributed by atoms with Crippen molar-refractivity contribution in [3.05, 3.63) is 48.2 Å². The lowest BCUT2D eigenvalue weighted by molar-refractivity contribution is 0.0997. The number of amides is 1. The zero-order chi connectivity index (χ0) is 22.0. The lowest BCUT2D eigenvalue weighted by Gasteiger charge is -2.34. The van der Waals surface area contributed by atoms with Gasteiger partial charge in [0.15, 0.2) is 0 Å². The smallest absolute Gasteiger partial charge is 0.252 e. The number of benzene rings is 2. The molecule has 8 nitrogen and oxygen atoms in total. The average Bonchev–Trinajstić information content (AvgIpc) is 2.79. The number of nitrogens with two attached hydrogens (primary N) is 1. The van der Waals surface area contributed by atoms with Gasteiger partial charge in [0.1, 0.15) is 11.5 Å². The van der Waals surface area contributed by atoms with E-state index < -0.39 is 5.91 Å². The number of nitrogens with one attached hydrogen (secondary N) is 1. The molecule has 0 spiro atoms. The van der Waals surface area contributed by atoms with E-state index in [0.29, 0.717) is 16.8 Å². The summed E-state index contributed by atoms with van der Waals surface area (Å²) >= 11 is 0. The van der Waals surface area contributed by atoms with Crippen LogP contribution >= 0.6 is 0 Å². The Bertz CT molecular complexity index is 1110. The van der Waals surface area contributed by atoms with Gasteiger partial charge in [-0.15, -0.1) is 0 Å². The SMILES string of the molecule is COc1cc(N2CCN(C)CC2)ccc1Nc1ccnc2cc(OC)c(C(N)=O)cc12. The van der Waals surface area contributed by atoms with Gasteiger partial charge in [-0.05, 0) is 31.3 Å². The molecule has 31 heavy (non-hydrogen) atoms. The number of carbonyl (C=O) groups is 1. The Morgan fingerprint density at radius 3 is 2.42 bits per heavy atom. The topological polar surface area (TPSA) is 92.9 Å². The summed E-state index contributed by atoms with van der Waals surface area (Å²) in [6, 6.07) is 11.4. The molecule has 0 atom stereocenters. The Morgan fingerprint density at radius 1 is 1.00 bits per heavy atom. The maximum Gasteiger partial charge on any atom is 0.252 e. The molecule has 0 unspecified atom stereocenters. The summed E-state index contributed by atoms with van der Waals surface area (Å²) in [5, 5.41) is 4.19. The van der Waals surface area contributed by atoms with E-state index in [1.54, 1.807) is 25.4 Å². The number of hydrogen-bond acceptors (Lipinski definition) is 7. The van der Waals surface area contributed by atoms with Gasteiger partial charge in [-0.1, -0.05) is 0 Å². The minimum absolute atomic E-state index is 0.309. The maximum atomic E-state index is 11.9. The molecule has 3 N–H and O–H groups in total. The predicted octanol–water partition coefficient (Wildman–Crippen LogP) is 2.85. The van der Waals surface area contributed by atoms with Gasteiger partial charge in [-0.2, -0.15) is 0 Å². The summed E-state index contributed by atoms with van der Waals surface area (Å²) in [4.78, 5) is 21.0. The van der Waals surface area contributed by atoms with Crippen molar-refractivity contribution in [1.29, 1.82) is 0 Å². The maximum absolute atomic E-state index is 11.9. The van der Waals surface area contributed by atoms with Crippen molar-refractivity contribution >= 4 is 33.9 Å². The standard InChI is InChI=1S/C23H27N5O3/c1-27-8-10-28(11-9-27)15-4-5-19(22(12-15)31-3)26-18-6-7-25-20-14-21(30-2)17(23(24)29)13-16(18)20/h4-7,12-14H,8-11H2,1-3H3,(H2,24,29)(H,25,26). The predicted molar refractivity (Wildman–Crippen MR) is 123 cm³/mol. The molecule has 8 heteroatoms. The minimum Gasteiger partial charge on any atom is -0.496 e. The van der Waals surface area contributed by atoms with Crippen molar-refractivity contribution in [2.45, 2.75) is 0 Å². The number of aromatic nitrogens is 1. The van der Waals surface area contributed by atoms with E-state index in [0.717, 1.165) is 54.4 Å². The Morgan fingerprint density at radius 2 is 1.74 bits per heavy atom. The van der Waals surface area contributed by atoms with Crippen molar-refractivity contribution in [2.24, 2.45) is 5.73 Å². The molecule has 0 radical (unpaired) electrons. The van der Waals surface area contributed by atoms with Crippen LogP contribution in [0, 0.1) is 0 Å². The summed E-state index contributed by atoms with van der Waals surface area (Å²) < 4.78 is 11.0. The van der Waals surface area contributed by atoms with Crippen LogP contribution in [0.4, 0.5) is 17.1 Å². The quantitative estimate of drug-likeness (QED) is 0.632. The lowest BCUT2D eigenvalue weighted by atomic mass is 10.1. The van der Waals surface area contributed by atoms with Gasteiger partial charge in [-0.3, -0.25) is 9.78 Å². The first-order chi connectivity index (χ1) is 15.0. The Kier molecular flexibility index (Phi) is 5.81. The van der Waals surface area contributed by atoms with Crippen LogP contribution in [0.5, 0.6) is 11.5 Å². The molecule has 1 amide bonds. The molecule has 2 heterocycles. The number of carbonyl (C=O) groups excluding carboxylic acids is 1. The fourth-order valence-corrected chi connectivity index (χ4v) is 3.83. The van der Waals surface area contributed by atoms with E-state index >= 15 is 0 Å². The summed E-state index contributed by atoms with van der Waals surface area (Å²) in [7, 11) is 5.31. The number of hydrogen-bond donors (Lipinski definition) is 2. The van der Waals surface area contributed by atoms with Crippen molar-refractivity contribution in [2.75, 3.05) is 57.7 Å². The zero-order valence-corrected chi connectivity index (χ0v) is 18.0. The van der Waals surface area contributed by atoms with Crippen LogP contribution < -0.4 is 25.4 Å². The van der Waals surface area contributed by atoms with Crippen LogP contribution in [0.1, 0.15) is 10.4 Å². The summed E-state index contributed by atoms with van der Waals surface area (Å²) in [5.74, 6) is 0.589. The summed E-state index contributed by atoms with van der Waals surface area (Å²) in [6.07, 6.45) is 1.71. The molecule has 0 bridgehead atoms. The highest BCUT2D eigenvalue weighted by atomic mass is 16.5. The highest BCUT2D eigenvalue weighted by molar-refractivity contribution is 6.03. The van der Waals surface area contributed by atoms with E-state index in [9.17, 15) is 4.79 Å². The monoisotopic (exact) mass is 421 g/mol. The van der Waals surface area contributed by atoms with E-state index in [1.807, 2.05) is 12.1 Å². The number of likely N-dealkylation sites (N-methyl/N-ethyl adjacent to an activating group) is 1. The first-order valence-electron chi connectivity index (χ1n) is 10.1. The number of anilines is 3. The molecule has 0 saturated carbocycles. The molecular formula is C23H27N5O3. The zero-order valence-electron chi connectivity index (χ0n) is 18.0. The number of pyridine rings is 1. The van der Waals surface area contributed by atoms with Crippen LogP contribution in [0.2, 0.25) is 0 Å². The molecule has 1 aliphatic rings. The summed E-state index contributed by atoms with van der Waals surface area (Å²) in [5.41, 5.74) is 9.29. The van der Waals surface area contributed by atoms with Gasteiger partial charge in [0.2, 0.25) is 0 Å². The second kappa shape index (κ2) is 8.69. The van der Waals surface area contributed by atoms with Crippen molar-refractivity contribution in [1.82, 2.24) is 9.88 Å². The molecule has 162 valence electrons. The molecule has 1 saturated heterocycles. The van der Waals surface area contributed by atoms with Crippen LogP contribution in [0.25, 0.3) is 10.9 Å². The van der Waals surface area contributed by atoms with Gasteiger partial charge in [0.25, 0.3) is 5.91 Å². The number of methoxy groups -OCH3 is 2. The van der Waals surface area contributed by atoms with Gasteiger partial charge in [0.05, 0.1) is 31.0 Å².